The van der Waals surface area contributed by atoms with E-state index < -0.39 is 12.0 Å². The van der Waals surface area contributed by atoms with Crippen molar-refractivity contribution in [3.63, 3.8) is 0 Å². The van der Waals surface area contributed by atoms with Crippen molar-refractivity contribution in [2.45, 2.75) is 32.2 Å². The maximum atomic E-state index is 11.4. The van der Waals surface area contributed by atoms with E-state index in [1.807, 2.05) is 5.38 Å². The van der Waals surface area contributed by atoms with E-state index in [2.05, 4.69) is 10.3 Å². The zero-order valence-corrected chi connectivity index (χ0v) is 9.79. The number of aliphatic carboxylic acids is 1. The fourth-order valence-electron chi connectivity index (χ4n) is 1.20. The number of thiazole rings is 1. The lowest BCUT2D eigenvalue weighted by atomic mass is 10.2. The smallest absolute Gasteiger partial charge is 0.326 e. The van der Waals surface area contributed by atoms with Crippen LogP contribution < -0.4 is 5.32 Å². The second-order valence-corrected chi connectivity index (χ2v) is 4.27. The minimum absolute atomic E-state index is 0.246. The number of carboxylic acid groups (broad SMARTS) is 1. The Balaban J connectivity index is 2.33. The van der Waals surface area contributed by atoms with Gasteiger partial charge in [-0.25, -0.2) is 9.78 Å². The molecule has 1 aromatic heterocycles. The lowest BCUT2D eigenvalue weighted by Gasteiger charge is -2.11. The van der Waals surface area contributed by atoms with Crippen LogP contribution in [0, 0.1) is 0 Å². The van der Waals surface area contributed by atoms with E-state index in [0.717, 1.165) is 5.01 Å². The first kappa shape index (κ1) is 12.6. The van der Waals surface area contributed by atoms with E-state index in [4.69, 9.17) is 5.11 Å². The number of nitrogens with one attached hydrogen (secondary N) is 1. The predicted molar refractivity (Wildman–Crippen MR) is 60.3 cm³/mol. The van der Waals surface area contributed by atoms with Crippen molar-refractivity contribution in [1.82, 2.24) is 10.3 Å². The number of carbonyl (C=O) groups is 2. The van der Waals surface area contributed by atoms with Crippen molar-refractivity contribution >= 4 is 23.2 Å². The average Bonchev–Trinajstić information content (AvgIpc) is 2.75. The van der Waals surface area contributed by atoms with Gasteiger partial charge in [-0.15, -0.1) is 11.3 Å². The van der Waals surface area contributed by atoms with Crippen molar-refractivity contribution in [1.29, 1.82) is 0 Å². The quantitative estimate of drug-likeness (QED) is 0.781. The van der Waals surface area contributed by atoms with Gasteiger partial charge in [0.05, 0.1) is 5.01 Å². The maximum Gasteiger partial charge on any atom is 0.326 e. The molecular weight excluding hydrogens is 228 g/mol. The highest BCUT2D eigenvalue weighted by atomic mass is 32.1. The van der Waals surface area contributed by atoms with Crippen LogP contribution in [-0.2, 0) is 16.0 Å². The number of nitrogens with zero attached hydrogens (tertiary/aromatic N) is 1. The number of carboxylic acids is 1. The number of rotatable bonds is 6. The van der Waals surface area contributed by atoms with Crippen LogP contribution in [0.4, 0.5) is 0 Å². The summed E-state index contributed by atoms with van der Waals surface area (Å²) < 4.78 is 0. The topological polar surface area (TPSA) is 79.3 Å². The number of carbonyl (C=O) groups excluding carboxylic acids is 1. The summed E-state index contributed by atoms with van der Waals surface area (Å²) in [5.41, 5.74) is 0. The number of amides is 1. The predicted octanol–water partition coefficient (Wildman–Crippen LogP) is 1.06. The Labute approximate surface area is 97.5 Å². The molecule has 0 spiro atoms. The molecule has 0 aromatic carbocycles. The highest BCUT2D eigenvalue weighted by Gasteiger charge is 2.17. The Kier molecular flexibility index (Phi) is 4.91. The second-order valence-electron chi connectivity index (χ2n) is 3.29. The van der Waals surface area contributed by atoms with E-state index in [9.17, 15) is 9.59 Å². The van der Waals surface area contributed by atoms with Gasteiger partial charge in [-0.3, -0.25) is 4.79 Å². The molecule has 0 aliphatic heterocycles. The van der Waals surface area contributed by atoms with Crippen LogP contribution in [0.3, 0.4) is 0 Å². The molecule has 16 heavy (non-hydrogen) atoms. The largest absolute Gasteiger partial charge is 0.480 e. The van der Waals surface area contributed by atoms with E-state index in [0.29, 0.717) is 12.8 Å². The van der Waals surface area contributed by atoms with E-state index in [-0.39, 0.29) is 12.3 Å². The Morgan fingerprint density at radius 2 is 2.38 bits per heavy atom. The third-order valence-electron chi connectivity index (χ3n) is 2.09. The summed E-state index contributed by atoms with van der Waals surface area (Å²) in [7, 11) is 0. The Hall–Kier alpha value is -1.43. The maximum absolute atomic E-state index is 11.4. The molecule has 0 aliphatic rings. The lowest BCUT2D eigenvalue weighted by Crippen LogP contribution is -2.40. The van der Waals surface area contributed by atoms with Gasteiger partial charge in [0.2, 0.25) is 5.91 Å². The summed E-state index contributed by atoms with van der Waals surface area (Å²) in [6, 6.07) is -0.788. The first-order valence-electron chi connectivity index (χ1n) is 5.04. The van der Waals surface area contributed by atoms with Crippen molar-refractivity contribution < 1.29 is 14.7 Å². The summed E-state index contributed by atoms with van der Waals surface area (Å²) in [6.07, 6.45) is 2.90. The van der Waals surface area contributed by atoms with Crippen LogP contribution in [0.2, 0.25) is 0 Å². The average molecular weight is 242 g/mol. The summed E-state index contributed by atoms with van der Waals surface area (Å²) >= 11 is 1.49. The van der Waals surface area contributed by atoms with Gasteiger partial charge in [-0.05, 0) is 6.42 Å². The summed E-state index contributed by atoms with van der Waals surface area (Å²) in [5, 5.41) is 14.0. The van der Waals surface area contributed by atoms with E-state index in [1.165, 1.54) is 11.3 Å². The van der Waals surface area contributed by atoms with Gasteiger partial charge in [0, 0.05) is 24.4 Å². The van der Waals surface area contributed by atoms with Crippen molar-refractivity contribution in [2.75, 3.05) is 0 Å². The van der Waals surface area contributed by atoms with Gasteiger partial charge in [0.25, 0.3) is 0 Å². The number of hydrogen-bond donors (Lipinski definition) is 2. The standard InChI is InChI=1S/C10H14N2O3S/c1-2-7(10(14)15)12-8(13)3-4-9-11-5-6-16-9/h5-7H,2-4H2,1H3,(H,12,13)(H,14,15). The molecule has 1 unspecified atom stereocenters. The van der Waals surface area contributed by atoms with Crippen LogP contribution in [0.1, 0.15) is 24.8 Å². The van der Waals surface area contributed by atoms with Gasteiger partial charge in [-0.2, -0.15) is 0 Å². The van der Waals surface area contributed by atoms with Gasteiger partial charge >= 0.3 is 5.97 Å². The highest BCUT2D eigenvalue weighted by Crippen LogP contribution is 2.06. The minimum atomic E-state index is -0.995. The molecule has 0 saturated heterocycles. The summed E-state index contributed by atoms with van der Waals surface area (Å²) in [5.74, 6) is -1.24. The molecule has 1 amide bonds. The fourth-order valence-corrected chi connectivity index (χ4v) is 1.82. The number of hydrogen-bond acceptors (Lipinski definition) is 4. The highest BCUT2D eigenvalue weighted by molar-refractivity contribution is 7.09. The molecule has 2 N–H and O–H groups in total. The Bertz CT molecular complexity index is 351. The third-order valence-corrected chi connectivity index (χ3v) is 2.93. The molecule has 0 bridgehead atoms. The molecule has 5 nitrogen and oxygen atoms in total. The zero-order valence-electron chi connectivity index (χ0n) is 8.97. The normalized spacial score (nSPS) is 12.1. The minimum Gasteiger partial charge on any atom is -0.480 e. The van der Waals surface area contributed by atoms with Crippen molar-refractivity contribution in [3.8, 4) is 0 Å². The van der Waals surface area contributed by atoms with E-state index >= 15 is 0 Å². The first-order valence-corrected chi connectivity index (χ1v) is 5.92. The third kappa shape index (κ3) is 3.98. The number of aryl methyl sites for hydroxylation is 1. The molecule has 1 atom stereocenters. The first-order chi connectivity index (χ1) is 7.63. The molecule has 88 valence electrons. The molecule has 1 rings (SSSR count). The molecular formula is C10H14N2O3S. The number of aromatic nitrogens is 1. The van der Waals surface area contributed by atoms with Crippen LogP contribution in [0.25, 0.3) is 0 Å². The van der Waals surface area contributed by atoms with Gasteiger partial charge in [0.15, 0.2) is 0 Å². The summed E-state index contributed by atoms with van der Waals surface area (Å²) in [4.78, 5) is 26.1. The molecule has 1 aromatic rings. The van der Waals surface area contributed by atoms with Crippen LogP contribution in [-0.4, -0.2) is 28.0 Å². The Morgan fingerprint density at radius 3 is 2.88 bits per heavy atom. The van der Waals surface area contributed by atoms with Gasteiger partial charge in [0.1, 0.15) is 6.04 Å². The monoisotopic (exact) mass is 242 g/mol. The van der Waals surface area contributed by atoms with Crippen LogP contribution in [0.15, 0.2) is 11.6 Å². The fraction of sp³-hybridized carbons (Fsp3) is 0.500. The van der Waals surface area contributed by atoms with Crippen LogP contribution >= 0.6 is 11.3 Å². The summed E-state index contributed by atoms with van der Waals surface area (Å²) in [6.45, 7) is 1.72. The molecule has 0 radical (unpaired) electrons. The van der Waals surface area contributed by atoms with Crippen molar-refractivity contribution in [2.24, 2.45) is 0 Å². The molecule has 0 fully saturated rings. The zero-order chi connectivity index (χ0) is 12.0. The van der Waals surface area contributed by atoms with Gasteiger partial charge in [-0.1, -0.05) is 6.92 Å². The van der Waals surface area contributed by atoms with Crippen molar-refractivity contribution in [3.05, 3.63) is 16.6 Å². The molecule has 6 heteroatoms. The molecule has 0 aliphatic carbocycles. The second kappa shape index (κ2) is 6.22. The van der Waals surface area contributed by atoms with Crippen LogP contribution in [0.5, 0.6) is 0 Å². The SMILES string of the molecule is CCC(NC(=O)CCc1nccs1)C(=O)O. The Morgan fingerprint density at radius 1 is 1.62 bits per heavy atom. The molecule has 0 saturated carbocycles. The lowest BCUT2D eigenvalue weighted by molar-refractivity contribution is -0.141. The molecule has 1 heterocycles. The van der Waals surface area contributed by atoms with Gasteiger partial charge < -0.3 is 10.4 Å². The van der Waals surface area contributed by atoms with E-state index in [1.54, 1.807) is 13.1 Å².